The molecule has 0 saturated carbocycles. The third-order valence-corrected chi connectivity index (χ3v) is 5.82. The molecule has 0 aliphatic rings. The lowest BCUT2D eigenvalue weighted by Gasteiger charge is -2.16. The van der Waals surface area contributed by atoms with Gasteiger partial charge in [0.25, 0.3) is 0 Å². The number of ether oxygens (including phenoxy) is 1. The van der Waals surface area contributed by atoms with Crippen LogP contribution in [0.1, 0.15) is 97.0 Å². The number of nitrogens with zero attached hydrogens (tertiary/aromatic N) is 2. The van der Waals surface area contributed by atoms with Gasteiger partial charge in [-0.25, -0.2) is 9.97 Å². The van der Waals surface area contributed by atoms with Gasteiger partial charge in [0.15, 0.2) is 5.75 Å². The van der Waals surface area contributed by atoms with Crippen LogP contribution in [0.5, 0.6) is 5.75 Å². The molecule has 0 N–H and O–H groups in total. The number of aromatic nitrogens is 2. The Bertz CT molecular complexity index is 701. The first-order valence-electron chi connectivity index (χ1n) is 12.3. The van der Waals surface area contributed by atoms with Crippen molar-refractivity contribution in [1.82, 2.24) is 9.97 Å². The van der Waals surface area contributed by atoms with Crippen molar-refractivity contribution in [2.75, 3.05) is 6.61 Å². The largest absolute Gasteiger partial charge is 0.489 e. The average Bonchev–Trinajstić information content (AvgIpc) is 2.78. The highest BCUT2D eigenvalue weighted by atomic mass is 16.5. The highest BCUT2D eigenvalue weighted by Crippen LogP contribution is 2.31. The van der Waals surface area contributed by atoms with Crippen molar-refractivity contribution in [1.29, 1.82) is 0 Å². The van der Waals surface area contributed by atoms with Crippen molar-refractivity contribution in [2.45, 2.75) is 97.8 Å². The van der Waals surface area contributed by atoms with E-state index in [1.54, 1.807) is 6.33 Å². The third kappa shape index (κ3) is 8.85. The first-order chi connectivity index (χ1) is 14.8. The Morgan fingerprint density at radius 2 is 1.57 bits per heavy atom. The maximum Gasteiger partial charge on any atom is 0.163 e. The minimum absolute atomic E-state index is 0.549. The zero-order valence-corrected chi connectivity index (χ0v) is 19.5. The molecule has 1 aromatic heterocycles. The van der Waals surface area contributed by atoms with E-state index >= 15 is 0 Å². The molecular formula is C27H42N2O. The van der Waals surface area contributed by atoms with Crippen LogP contribution in [0.4, 0.5) is 0 Å². The lowest BCUT2D eigenvalue weighted by Crippen LogP contribution is -2.10. The summed E-state index contributed by atoms with van der Waals surface area (Å²) in [5.74, 6) is 1.36. The van der Waals surface area contributed by atoms with Gasteiger partial charge in [-0.2, -0.15) is 0 Å². The molecule has 0 radical (unpaired) electrons. The topological polar surface area (TPSA) is 35.0 Å². The standard InChI is InChI=1S/C27H42N2O/c1-4-6-8-10-11-13-17-24-18-14-15-19-25(24)27-26(20-28-22-29-27)30-21-23(3)16-12-9-7-5-2/h14-15,18-20,22-23H,4-13,16-17,21H2,1-3H3. The van der Waals surface area contributed by atoms with E-state index in [0.717, 1.165) is 24.5 Å². The monoisotopic (exact) mass is 410 g/mol. The number of rotatable bonds is 16. The zero-order chi connectivity index (χ0) is 21.4. The van der Waals surface area contributed by atoms with Gasteiger partial charge in [0.2, 0.25) is 0 Å². The third-order valence-electron chi connectivity index (χ3n) is 5.82. The molecular weight excluding hydrogens is 368 g/mol. The van der Waals surface area contributed by atoms with Crippen molar-refractivity contribution in [3.63, 3.8) is 0 Å². The van der Waals surface area contributed by atoms with Gasteiger partial charge in [0.1, 0.15) is 12.0 Å². The summed E-state index contributed by atoms with van der Waals surface area (Å²) in [6.07, 6.45) is 18.9. The van der Waals surface area contributed by atoms with Gasteiger partial charge in [0.05, 0.1) is 12.8 Å². The molecule has 1 heterocycles. The fourth-order valence-electron chi connectivity index (χ4n) is 3.92. The molecule has 2 rings (SSSR count). The molecule has 0 aliphatic carbocycles. The molecule has 3 heteroatoms. The normalized spacial score (nSPS) is 12.1. The van der Waals surface area contributed by atoms with Crippen LogP contribution in [0, 0.1) is 5.92 Å². The second kappa shape index (κ2) is 15.0. The zero-order valence-electron chi connectivity index (χ0n) is 19.5. The molecule has 1 atom stereocenters. The molecule has 30 heavy (non-hydrogen) atoms. The van der Waals surface area contributed by atoms with E-state index in [1.165, 1.54) is 81.8 Å². The summed E-state index contributed by atoms with van der Waals surface area (Å²) < 4.78 is 6.21. The fourth-order valence-corrected chi connectivity index (χ4v) is 3.92. The van der Waals surface area contributed by atoms with E-state index in [-0.39, 0.29) is 0 Å². The first kappa shape index (κ1) is 24.4. The van der Waals surface area contributed by atoms with Crippen LogP contribution < -0.4 is 4.74 Å². The van der Waals surface area contributed by atoms with Crippen LogP contribution in [0.25, 0.3) is 11.3 Å². The number of hydrogen-bond donors (Lipinski definition) is 0. The van der Waals surface area contributed by atoms with E-state index in [0.29, 0.717) is 5.92 Å². The van der Waals surface area contributed by atoms with Crippen molar-refractivity contribution in [3.8, 4) is 17.0 Å². The van der Waals surface area contributed by atoms with Gasteiger partial charge in [-0.1, -0.05) is 103 Å². The molecule has 1 unspecified atom stereocenters. The number of benzene rings is 1. The Kier molecular flexibility index (Phi) is 12.2. The molecule has 2 aromatic rings. The van der Waals surface area contributed by atoms with Gasteiger partial charge in [-0.15, -0.1) is 0 Å². The van der Waals surface area contributed by atoms with Crippen LogP contribution in [-0.4, -0.2) is 16.6 Å². The molecule has 1 aromatic carbocycles. The Morgan fingerprint density at radius 3 is 2.37 bits per heavy atom. The summed E-state index contributed by atoms with van der Waals surface area (Å²) in [5.41, 5.74) is 3.49. The smallest absolute Gasteiger partial charge is 0.163 e. The van der Waals surface area contributed by atoms with Gasteiger partial charge < -0.3 is 4.74 Å². The minimum Gasteiger partial charge on any atom is -0.489 e. The molecule has 166 valence electrons. The summed E-state index contributed by atoms with van der Waals surface area (Å²) in [6, 6.07) is 8.65. The molecule has 0 aliphatic heterocycles. The van der Waals surface area contributed by atoms with E-state index in [1.807, 2.05) is 6.20 Å². The number of aryl methyl sites for hydroxylation is 1. The first-order valence-corrected chi connectivity index (χ1v) is 12.3. The van der Waals surface area contributed by atoms with Crippen molar-refractivity contribution >= 4 is 0 Å². The van der Waals surface area contributed by atoms with E-state index in [4.69, 9.17) is 4.74 Å². The highest BCUT2D eigenvalue weighted by Gasteiger charge is 2.13. The lowest BCUT2D eigenvalue weighted by atomic mass is 9.98. The SMILES string of the molecule is CCCCCCCCc1ccccc1-c1ncncc1OCC(C)CCCCCC. The number of unbranched alkanes of at least 4 members (excludes halogenated alkanes) is 8. The van der Waals surface area contributed by atoms with E-state index in [9.17, 15) is 0 Å². The second-order valence-corrected chi connectivity index (χ2v) is 8.68. The van der Waals surface area contributed by atoms with Crippen LogP contribution in [-0.2, 0) is 6.42 Å². The van der Waals surface area contributed by atoms with Crippen molar-refractivity contribution in [3.05, 3.63) is 42.4 Å². The van der Waals surface area contributed by atoms with Crippen molar-refractivity contribution < 1.29 is 4.74 Å². The molecule has 3 nitrogen and oxygen atoms in total. The maximum atomic E-state index is 6.21. The summed E-state index contributed by atoms with van der Waals surface area (Å²) in [4.78, 5) is 8.84. The Hall–Kier alpha value is -1.90. The van der Waals surface area contributed by atoms with E-state index < -0.39 is 0 Å². The van der Waals surface area contributed by atoms with Crippen LogP contribution in [0.2, 0.25) is 0 Å². The maximum absolute atomic E-state index is 6.21. The predicted molar refractivity (Wildman–Crippen MR) is 128 cm³/mol. The predicted octanol–water partition coefficient (Wildman–Crippen LogP) is 8.03. The van der Waals surface area contributed by atoms with Crippen LogP contribution in [0.3, 0.4) is 0 Å². The molecule has 0 fully saturated rings. The molecule has 0 saturated heterocycles. The van der Waals surface area contributed by atoms with Crippen LogP contribution >= 0.6 is 0 Å². The average molecular weight is 411 g/mol. The van der Waals surface area contributed by atoms with E-state index in [2.05, 4.69) is 55.0 Å². The number of hydrogen-bond acceptors (Lipinski definition) is 3. The lowest BCUT2D eigenvalue weighted by molar-refractivity contribution is 0.248. The van der Waals surface area contributed by atoms with Crippen molar-refractivity contribution in [2.24, 2.45) is 5.92 Å². The van der Waals surface area contributed by atoms with Gasteiger partial charge in [-0.05, 0) is 30.7 Å². The molecule has 0 spiro atoms. The fraction of sp³-hybridized carbons (Fsp3) is 0.630. The Balaban J connectivity index is 1.96. The summed E-state index contributed by atoms with van der Waals surface area (Å²) in [7, 11) is 0. The Labute approximate surface area is 184 Å². The summed E-state index contributed by atoms with van der Waals surface area (Å²) in [5, 5.41) is 0. The quantitative estimate of drug-likeness (QED) is 0.263. The van der Waals surface area contributed by atoms with Gasteiger partial charge in [0, 0.05) is 5.56 Å². The second-order valence-electron chi connectivity index (χ2n) is 8.68. The van der Waals surface area contributed by atoms with Gasteiger partial charge >= 0.3 is 0 Å². The molecule has 0 amide bonds. The Morgan fingerprint density at radius 1 is 0.867 bits per heavy atom. The van der Waals surface area contributed by atoms with Gasteiger partial charge in [-0.3, -0.25) is 0 Å². The summed E-state index contributed by atoms with van der Waals surface area (Å²) in [6.45, 7) is 7.53. The minimum atomic E-state index is 0.549. The summed E-state index contributed by atoms with van der Waals surface area (Å²) >= 11 is 0. The molecule has 0 bridgehead atoms. The highest BCUT2D eigenvalue weighted by molar-refractivity contribution is 5.69. The van der Waals surface area contributed by atoms with Crippen LogP contribution in [0.15, 0.2) is 36.8 Å².